The second-order valence-electron chi connectivity index (χ2n) is 4.35. The Morgan fingerprint density at radius 1 is 1.41 bits per heavy atom. The van der Waals surface area contributed by atoms with E-state index in [9.17, 15) is 18.0 Å². The number of alkyl halides is 3. The zero-order valence-corrected chi connectivity index (χ0v) is 9.55. The first-order valence-electron chi connectivity index (χ1n) is 5.35. The Morgan fingerprint density at radius 3 is 2.41 bits per heavy atom. The lowest BCUT2D eigenvalue weighted by molar-refractivity contribution is -0.203. The van der Waals surface area contributed by atoms with E-state index in [-0.39, 0.29) is 12.5 Å². The highest BCUT2D eigenvalue weighted by molar-refractivity contribution is 5.81. The zero-order valence-electron chi connectivity index (χ0n) is 9.55. The van der Waals surface area contributed by atoms with Gasteiger partial charge in [0, 0.05) is 13.2 Å². The molecule has 1 saturated heterocycles. The molecule has 0 aromatic rings. The van der Waals surface area contributed by atoms with Crippen LogP contribution in [0.15, 0.2) is 0 Å². The van der Waals surface area contributed by atoms with Gasteiger partial charge in [0.25, 0.3) is 0 Å². The predicted molar refractivity (Wildman–Crippen MR) is 53.1 cm³/mol. The second-order valence-corrected chi connectivity index (χ2v) is 4.35. The third kappa shape index (κ3) is 3.57. The Balaban J connectivity index is 2.43. The third-order valence-corrected chi connectivity index (χ3v) is 2.80. The van der Waals surface area contributed by atoms with Crippen molar-refractivity contribution in [1.29, 1.82) is 0 Å². The van der Waals surface area contributed by atoms with Crippen molar-refractivity contribution in [3.63, 3.8) is 0 Å². The molecule has 0 amide bonds. The van der Waals surface area contributed by atoms with Gasteiger partial charge in [-0.25, -0.2) is 4.79 Å². The number of carbonyl (C=O) groups excluding carboxylic acids is 1. The van der Waals surface area contributed by atoms with Crippen LogP contribution in [0.3, 0.4) is 0 Å². The molecule has 1 heterocycles. The molecule has 100 valence electrons. The van der Waals surface area contributed by atoms with Crippen molar-refractivity contribution in [2.24, 2.45) is 11.7 Å². The Kier molecular flexibility index (Phi) is 4.37. The molecule has 1 unspecified atom stereocenters. The van der Waals surface area contributed by atoms with Gasteiger partial charge in [-0.15, -0.1) is 0 Å². The first-order valence-corrected chi connectivity index (χ1v) is 5.35. The quantitative estimate of drug-likeness (QED) is 0.771. The lowest BCUT2D eigenvalue weighted by Crippen LogP contribution is -2.58. The summed E-state index contributed by atoms with van der Waals surface area (Å²) in [6.07, 6.45) is -3.44. The van der Waals surface area contributed by atoms with Gasteiger partial charge in [-0.05, 0) is 25.7 Å². The van der Waals surface area contributed by atoms with Crippen LogP contribution in [0.25, 0.3) is 0 Å². The first kappa shape index (κ1) is 14.2. The van der Waals surface area contributed by atoms with Gasteiger partial charge in [-0.3, -0.25) is 0 Å². The highest BCUT2D eigenvalue weighted by Crippen LogP contribution is 2.29. The van der Waals surface area contributed by atoms with E-state index in [0.29, 0.717) is 33.0 Å². The molecule has 1 aliphatic heterocycles. The van der Waals surface area contributed by atoms with Gasteiger partial charge in [0.2, 0.25) is 5.54 Å². The van der Waals surface area contributed by atoms with Crippen molar-refractivity contribution in [2.45, 2.75) is 31.5 Å². The van der Waals surface area contributed by atoms with Crippen LogP contribution in [0.2, 0.25) is 0 Å². The van der Waals surface area contributed by atoms with Crippen LogP contribution in [-0.2, 0) is 14.3 Å². The molecule has 0 radical (unpaired) electrons. The van der Waals surface area contributed by atoms with Crippen LogP contribution < -0.4 is 5.73 Å². The van der Waals surface area contributed by atoms with E-state index in [2.05, 4.69) is 4.74 Å². The molecule has 0 bridgehead atoms. The predicted octanol–water partition coefficient (Wildman–Crippen LogP) is 1.24. The fourth-order valence-corrected chi connectivity index (χ4v) is 1.37. The fourth-order valence-electron chi connectivity index (χ4n) is 1.37. The summed E-state index contributed by atoms with van der Waals surface area (Å²) < 4.78 is 46.9. The summed E-state index contributed by atoms with van der Waals surface area (Å²) in [6.45, 7) is 1.66. The maximum Gasteiger partial charge on any atom is 0.416 e. The van der Waals surface area contributed by atoms with Gasteiger partial charge in [0.05, 0.1) is 6.61 Å². The Labute approximate surface area is 97.2 Å². The van der Waals surface area contributed by atoms with Gasteiger partial charge in [0.15, 0.2) is 0 Å². The molecule has 1 rings (SSSR count). The third-order valence-electron chi connectivity index (χ3n) is 2.80. The first-order chi connectivity index (χ1) is 7.75. The lowest BCUT2D eigenvalue weighted by atomic mass is 10.0. The normalized spacial score (nSPS) is 21.9. The van der Waals surface area contributed by atoms with Crippen LogP contribution in [0, 0.1) is 5.92 Å². The number of ether oxygens (including phenoxy) is 2. The number of hydrogen-bond acceptors (Lipinski definition) is 4. The number of hydrogen-bond donors (Lipinski definition) is 1. The van der Waals surface area contributed by atoms with Gasteiger partial charge in [-0.1, -0.05) is 0 Å². The Hall–Kier alpha value is -0.820. The molecule has 0 aliphatic carbocycles. The van der Waals surface area contributed by atoms with E-state index in [0.717, 1.165) is 0 Å². The van der Waals surface area contributed by atoms with Crippen molar-refractivity contribution >= 4 is 5.97 Å². The Morgan fingerprint density at radius 2 is 1.94 bits per heavy atom. The zero-order chi connectivity index (χ0) is 13.1. The molecule has 1 fully saturated rings. The minimum atomic E-state index is -4.81. The molecule has 1 aliphatic rings. The standard InChI is InChI=1S/C10H16F3NO3/c1-9(14,10(11,12)13)8(15)17-6-7-2-4-16-5-3-7/h7H,2-6,14H2,1H3. The van der Waals surface area contributed by atoms with Crippen molar-refractivity contribution in [3.8, 4) is 0 Å². The minimum absolute atomic E-state index is 0.0366. The van der Waals surface area contributed by atoms with Gasteiger partial charge in [-0.2, -0.15) is 13.2 Å². The monoisotopic (exact) mass is 255 g/mol. The molecule has 17 heavy (non-hydrogen) atoms. The molecule has 4 nitrogen and oxygen atoms in total. The Bertz CT molecular complexity index is 272. The minimum Gasteiger partial charge on any atom is -0.464 e. The lowest BCUT2D eigenvalue weighted by Gasteiger charge is -2.27. The summed E-state index contributed by atoms with van der Waals surface area (Å²) in [7, 11) is 0. The summed E-state index contributed by atoms with van der Waals surface area (Å²) in [4.78, 5) is 11.3. The number of halogens is 3. The number of nitrogens with two attached hydrogens (primary N) is 1. The van der Waals surface area contributed by atoms with Crippen LogP contribution in [0.1, 0.15) is 19.8 Å². The van der Waals surface area contributed by atoms with E-state index in [4.69, 9.17) is 10.5 Å². The van der Waals surface area contributed by atoms with Crippen LogP contribution in [0.5, 0.6) is 0 Å². The second kappa shape index (κ2) is 5.22. The van der Waals surface area contributed by atoms with E-state index < -0.39 is 17.7 Å². The van der Waals surface area contributed by atoms with Crippen LogP contribution in [0.4, 0.5) is 13.2 Å². The molecule has 1 atom stereocenters. The molecular formula is C10H16F3NO3. The molecule has 7 heteroatoms. The number of esters is 1. The van der Waals surface area contributed by atoms with Crippen molar-refractivity contribution in [2.75, 3.05) is 19.8 Å². The maximum absolute atomic E-state index is 12.4. The van der Waals surface area contributed by atoms with E-state index in [1.54, 1.807) is 0 Å². The topological polar surface area (TPSA) is 61.6 Å². The van der Waals surface area contributed by atoms with Gasteiger partial charge < -0.3 is 15.2 Å². The van der Waals surface area contributed by atoms with Crippen LogP contribution in [-0.4, -0.2) is 37.5 Å². The van der Waals surface area contributed by atoms with Gasteiger partial charge in [0.1, 0.15) is 0 Å². The fraction of sp³-hybridized carbons (Fsp3) is 0.900. The number of carbonyl (C=O) groups is 1. The molecule has 0 aromatic carbocycles. The van der Waals surface area contributed by atoms with Crippen molar-refractivity contribution in [3.05, 3.63) is 0 Å². The number of rotatable bonds is 3. The van der Waals surface area contributed by atoms with Gasteiger partial charge >= 0.3 is 12.1 Å². The van der Waals surface area contributed by atoms with Crippen molar-refractivity contribution in [1.82, 2.24) is 0 Å². The van der Waals surface area contributed by atoms with Crippen LogP contribution >= 0.6 is 0 Å². The largest absolute Gasteiger partial charge is 0.464 e. The molecule has 0 aromatic heterocycles. The smallest absolute Gasteiger partial charge is 0.416 e. The highest BCUT2D eigenvalue weighted by atomic mass is 19.4. The molecule has 0 spiro atoms. The van der Waals surface area contributed by atoms with E-state index >= 15 is 0 Å². The molecule has 2 N–H and O–H groups in total. The van der Waals surface area contributed by atoms with Crippen molar-refractivity contribution < 1.29 is 27.4 Å². The maximum atomic E-state index is 12.4. The molecule has 0 saturated carbocycles. The average Bonchev–Trinajstić information content (AvgIpc) is 2.25. The summed E-state index contributed by atoms with van der Waals surface area (Å²) in [5.74, 6) is -1.38. The summed E-state index contributed by atoms with van der Waals surface area (Å²) in [5, 5.41) is 0. The highest BCUT2D eigenvalue weighted by Gasteiger charge is 2.55. The molecular weight excluding hydrogens is 239 g/mol. The van der Waals surface area contributed by atoms with E-state index in [1.165, 1.54) is 0 Å². The average molecular weight is 255 g/mol. The summed E-state index contributed by atoms with van der Waals surface area (Å²) >= 11 is 0. The SMILES string of the molecule is CC(N)(C(=O)OCC1CCOCC1)C(F)(F)F. The summed E-state index contributed by atoms with van der Waals surface area (Å²) in [5.41, 5.74) is 1.98. The van der Waals surface area contributed by atoms with E-state index in [1.807, 2.05) is 0 Å². The summed E-state index contributed by atoms with van der Waals surface area (Å²) in [6, 6.07) is 0.